The van der Waals surface area contributed by atoms with Crippen molar-refractivity contribution in [3.05, 3.63) is 34.9 Å². The van der Waals surface area contributed by atoms with Crippen LogP contribution in [0.15, 0.2) is 33.7 Å². The van der Waals surface area contributed by atoms with Gasteiger partial charge in [-0.3, -0.25) is 0 Å². The molecule has 0 bridgehead atoms. The Morgan fingerprint density at radius 2 is 2.11 bits per heavy atom. The molecule has 0 aliphatic rings. The van der Waals surface area contributed by atoms with Crippen molar-refractivity contribution in [2.24, 2.45) is 0 Å². The topological polar surface area (TPSA) is 50.4 Å². The van der Waals surface area contributed by atoms with Crippen LogP contribution in [-0.2, 0) is 16.6 Å². The third-order valence-corrected chi connectivity index (χ3v) is 0.606. The second-order valence-electron chi connectivity index (χ2n) is 1.12. The van der Waals surface area contributed by atoms with Gasteiger partial charge in [0.25, 0.3) is 0 Å². The van der Waals surface area contributed by atoms with E-state index in [9.17, 15) is 4.79 Å². The maximum absolute atomic E-state index is 10.1. The van der Waals surface area contributed by atoms with Gasteiger partial charge in [-0.2, -0.15) is 0 Å². The van der Waals surface area contributed by atoms with Crippen LogP contribution in [0, 0.1) is 0 Å². The second-order valence-corrected chi connectivity index (χ2v) is 1.12. The van der Waals surface area contributed by atoms with Crippen LogP contribution in [0.4, 0.5) is 0 Å². The molecule has 1 aromatic heterocycles. The SMILES string of the molecule is O=c1cccco1.[OH][Cr]. The summed E-state index contributed by atoms with van der Waals surface area (Å²) in [5, 5.41) is 0. The first-order valence-electron chi connectivity index (χ1n) is 2.12. The Hall–Kier alpha value is -0.558. The van der Waals surface area contributed by atoms with Gasteiger partial charge in [0.15, 0.2) is 0 Å². The van der Waals surface area contributed by atoms with E-state index in [1.165, 1.54) is 12.3 Å². The molecule has 9 heavy (non-hydrogen) atoms. The monoisotopic (exact) mass is 165 g/mol. The fourth-order valence-electron chi connectivity index (χ4n) is 0.325. The molecule has 0 fully saturated rings. The van der Waals surface area contributed by atoms with Crippen LogP contribution in [-0.4, -0.2) is 4.16 Å². The molecule has 0 atom stereocenters. The molecule has 0 saturated heterocycles. The van der Waals surface area contributed by atoms with Crippen LogP contribution in [0.5, 0.6) is 0 Å². The standard InChI is InChI=1S/C5H4O2.Cr.H2O/c6-5-3-1-2-4-7-5;;/h1-4H;;1H2/q;+1;/p-1. The summed E-state index contributed by atoms with van der Waals surface area (Å²) in [6, 6.07) is 4.65. The zero-order valence-electron chi connectivity index (χ0n) is 4.48. The molecule has 3 nitrogen and oxygen atoms in total. The minimum absolute atomic E-state index is 0.303. The summed E-state index contributed by atoms with van der Waals surface area (Å²) >= 11 is 1.62. The first-order chi connectivity index (χ1) is 4.39. The minimum atomic E-state index is -0.303. The fourth-order valence-corrected chi connectivity index (χ4v) is 0.325. The van der Waals surface area contributed by atoms with Crippen LogP contribution >= 0.6 is 0 Å². The van der Waals surface area contributed by atoms with E-state index in [0.29, 0.717) is 0 Å². The molecular formula is C5H5CrO3. The number of hydrogen-bond donors (Lipinski definition) is 1. The predicted octanol–water partition coefficient (Wildman–Crippen LogP) is 0.0803. The van der Waals surface area contributed by atoms with Crippen molar-refractivity contribution in [3.8, 4) is 0 Å². The van der Waals surface area contributed by atoms with Gasteiger partial charge in [-0.15, -0.1) is 0 Å². The molecule has 1 heterocycles. The van der Waals surface area contributed by atoms with E-state index < -0.39 is 0 Å². The Labute approximate surface area is 60.7 Å². The van der Waals surface area contributed by atoms with E-state index >= 15 is 0 Å². The van der Waals surface area contributed by atoms with Crippen LogP contribution in [0.2, 0.25) is 0 Å². The molecule has 0 amide bonds. The van der Waals surface area contributed by atoms with Gasteiger partial charge < -0.3 is 4.42 Å². The molecule has 0 aliphatic carbocycles. The summed E-state index contributed by atoms with van der Waals surface area (Å²) in [7, 11) is 0. The molecule has 0 aromatic carbocycles. The Balaban J connectivity index is 0.000000291. The quantitative estimate of drug-likeness (QED) is 0.592. The van der Waals surface area contributed by atoms with E-state index in [1.54, 1.807) is 28.8 Å². The Kier molecular flexibility index (Phi) is 5.23. The molecular weight excluding hydrogens is 160 g/mol. The van der Waals surface area contributed by atoms with Gasteiger partial charge in [-0.1, -0.05) is 6.07 Å². The Bertz CT molecular complexity index is 178. The van der Waals surface area contributed by atoms with Gasteiger partial charge in [0.05, 0.1) is 6.26 Å². The zero-order chi connectivity index (χ0) is 7.11. The average Bonchev–Trinajstić information content (AvgIpc) is 1.94. The summed E-state index contributed by atoms with van der Waals surface area (Å²) in [6.45, 7) is 0. The first-order valence-corrected chi connectivity index (χ1v) is 2.69. The van der Waals surface area contributed by atoms with Gasteiger partial charge >= 0.3 is 26.4 Å². The maximum atomic E-state index is 10.1. The van der Waals surface area contributed by atoms with E-state index in [2.05, 4.69) is 4.42 Å². The molecule has 1 rings (SSSR count). The van der Waals surface area contributed by atoms with Crippen molar-refractivity contribution in [2.75, 3.05) is 0 Å². The van der Waals surface area contributed by atoms with Crippen molar-refractivity contribution in [1.29, 1.82) is 0 Å². The van der Waals surface area contributed by atoms with Crippen molar-refractivity contribution in [3.63, 3.8) is 0 Å². The molecule has 0 radical (unpaired) electrons. The van der Waals surface area contributed by atoms with Gasteiger partial charge in [0.1, 0.15) is 0 Å². The fraction of sp³-hybridized carbons (Fsp3) is 0. The molecule has 1 N–H and O–H groups in total. The normalized spacial score (nSPS) is 7.22. The van der Waals surface area contributed by atoms with E-state index in [-0.39, 0.29) is 5.63 Å². The van der Waals surface area contributed by atoms with E-state index in [1.807, 2.05) is 0 Å². The molecule has 0 unspecified atom stereocenters. The van der Waals surface area contributed by atoms with Gasteiger partial charge in [0.2, 0.25) is 0 Å². The molecule has 49 valence electrons. The summed E-state index contributed by atoms with van der Waals surface area (Å²) in [5.74, 6) is 0. The molecule has 4 heteroatoms. The summed E-state index contributed by atoms with van der Waals surface area (Å²) in [4.78, 5) is 10.1. The number of rotatable bonds is 0. The summed E-state index contributed by atoms with van der Waals surface area (Å²) in [5.41, 5.74) is -0.303. The van der Waals surface area contributed by atoms with Crippen molar-refractivity contribution in [2.45, 2.75) is 0 Å². The Morgan fingerprint density at radius 3 is 2.33 bits per heavy atom. The molecule has 1 aromatic rings. The summed E-state index contributed by atoms with van der Waals surface area (Å²) in [6.07, 6.45) is 1.35. The molecule has 0 saturated carbocycles. The second kappa shape index (κ2) is 5.58. The van der Waals surface area contributed by atoms with Crippen LogP contribution in [0.3, 0.4) is 0 Å². The number of hydrogen-bond acceptors (Lipinski definition) is 3. The summed E-state index contributed by atoms with van der Waals surface area (Å²) < 4.78 is 11.2. The van der Waals surface area contributed by atoms with Gasteiger partial charge in [-0.05, 0) is 6.07 Å². The van der Waals surface area contributed by atoms with Crippen LogP contribution < -0.4 is 5.63 Å². The zero-order valence-corrected chi connectivity index (χ0v) is 5.76. The van der Waals surface area contributed by atoms with E-state index in [4.69, 9.17) is 4.16 Å². The van der Waals surface area contributed by atoms with Crippen molar-refractivity contribution < 1.29 is 25.2 Å². The van der Waals surface area contributed by atoms with Crippen LogP contribution in [0.1, 0.15) is 0 Å². The van der Waals surface area contributed by atoms with Gasteiger partial charge in [0, 0.05) is 6.07 Å². The van der Waals surface area contributed by atoms with E-state index in [0.717, 1.165) is 0 Å². The van der Waals surface area contributed by atoms with Crippen molar-refractivity contribution >= 4 is 0 Å². The molecule has 0 aliphatic heterocycles. The van der Waals surface area contributed by atoms with Crippen molar-refractivity contribution in [1.82, 2.24) is 0 Å². The van der Waals surface area contributed by atoms with Gasteiger partial charge in [-0.25, -0.2) is 4.79 Å². The Morgan fingerprint density at radius 1 is 1.44 bits per heavy atom. The first kappa shape index (κ1) is 8.44. The van der Waals surface area contributed by atoms with Crippen LogP contribution in [0.25, 0.3) is 0 Å². The molecule has 0 spiro atoms. The third kappa shape index (κ3) is 3.98. The third-order valence-electron chi connectivity index (χ3n) is 0.606. The predicted molar refractivity (Wildman–Crippen MR) is 27.2 cm³/mol. The average molecular weight is 165 g/mol.